The number of rotatable bonds is 4. The molecule has 0 radical (unpaired) electrons. The van der Waals surface area contributed by atoms with E-state index < -0.39 is 0 Å². The highest BCUT2D eigenvalue weighted by Gasteiger charge is 2.09. The number of aryl methyl sites for hydroxylation is 1. The zero-order chi connectivity index (χ0) is 15.4. The summed E-state index contributed by atoms with van der Waals surface area (Å²) in [6.07, 6.45) is 2.50. The number of hydrogen-bond donors (Lipinski definition) is 1. The normalized spacial score (nSPS) is 10.4. The first-order valence-corrected chi connectivity index (χ1v) is 7.94. The first kappa shape index (κ1) is 16.0. The number of aromatic nitrogens is 1. The Kier molecular flexibility index (Phi) is 5.41. The Hall–Kier alpha value is -1.34. The third kappa shape index (κ3) is 4.07. The molecule has 2 rings (SSSR count). The summed E-state index contributed by atoms with van der Waals surface area (Å²) in [5.74, 6) is -0.255. The van der Waals surface area contributed by atoms with Crippen molar-refractivity contribution in [3.63, 3.8) is 0 Å². The lowest BCUT2D eigenvalue weighted by atomic mass is 10.2. The summed E-state index contributed by atoms with van der Waals surface area (Å²) in [6.45, 7) is 2.61. The van der Waals surface area contributed by atoms with Crippen LogP contribution >= 0.6 is 34.2 Å². The van der Waals surface area contributed by atoms with Gasteiger partial charge in [-0.05, 0) is 53.3 Å². The fourth-order valence-corrected chi connectivity index (χ4v) is 2.38. The highest BCUT2D eigenvalue weighted by molar-refractivity contribution is 14.1. The summed E-state index contributed by atoms with van der Waals surface area (Å²) in [7, 11) is 0. The molecule has 1 heterocycles. The molecule has 4 nitrogen and oxygen atoms in total. The maximum Gasteiger partial charge on any atom is 0.255 e. The van der Waals surface area contributed by atoms with Crippen molar-refractivity contribution in [3.05, 3.63) is 61.0 Å². The Balaban J connectivity index is 2.21. The molecule has 0 aliphatic heterocycles. The third-order valence-electron chi connectivity index (χ3n) is 2.89. The van der Waals surface area contributed by atoms with Crippen LogP contribution < -0.4 is 10.9 Å². The molecular weight excluding hydrogens is 403 g/mol. The van der Waals surface area contributed by atoms with Gasteiger partial charge in [-0.25, -0.2) is 0 Å². The first-order valence-electron chi connectivity index (χ1n) is 6.48. The average molecular weight is 417 g/mol. The molecule has 6 heteroatoms. The van der Waals surface area contributed by atoms with Crippen molar-refractivity contribution in [1.82, 2.24) is 4.57 Å². The van der Waals surface area contributed by atoms with Crippen molar-refractivity contribution in [1.29, 1.82) is 0 Å². The monoisotopic (exact) mass is 416 g/mol. The standard InChI is InChI=1S/C15H14ClIN2O2/c1-2-7-19-9-11(4-6-14(19)20)18-15(21)10-3-5-13(17)12(16)8-10/h3-6,8-9H,2,7H2,1H3,(H,18,21). The Labute approximate surface area is 141 Å². The van der Waals surface area contributed by atoms with E-state index >= 15 is 0 Å². The zero-order valence-corrected chi connectivity index (χ0v) is 14.3. The van der Waals surface area contributed by atoms with E-state index in [1.807, 2.05) is 6.92 Å². The van der Waals surface area contributed by atoms with Gasteiger partial charge in [0.2, 0.25) is 0 Å². The Bertz CT molecular complexity index is 728. The maximum atomic E-state index is 12.2. The molecule has 0 saturated heterocycles. The zero-order valence-electron chi connectivity index (χ0n) is 11.4. The van der Waals surface area contributed by atoms with Gasteiger partial charge in [-0.3, -0.25) is 9.59 Å². The van der Waals surface area contributed by atoms with Gasteiger partial charge in [-0.15, -0.1) is 0 Å². The summed E-state index contributed by atoms with van der Waals surface area (Å²) in [6, 6.07) is 8.18. The van der Waals surface area contributed by atoms with Crippen LogP contribution in [0.15, 0.2) is 41.3 Å². The molecule has 1 aromatic heterocycles. The minimum Gasteiger partial charge on any atom is -0.321 e. The van der Waals surface area contributed by atoms with E-state index in [1.54, 1.807) is 35.0 Å². The van der Waals surface area contributed by atoms with Crippen molar-refractivity contribution in [2.24, 2.45) is 0 Å². The second kappa shape index (κ2) is 7.09. The number of anilines is 1. The lowest BCUT2D eigenvalue weighted by Gasteiger charge is -2.09. The van der Waals surface area contributed by atoms with E-state index in [2.05, 4.69) is 27.9 Å². The minimum atomic E-state index is -0.255. The van der Waals surface area contributed by atoms with Crippen LogP contribution in [0.5, 0.6) is 0 Å². The SMILES string of the molecule is CCCn1cc(NC(=O)c2ccc(I)c(Cl)c2)ccc1=O. The van der Waals surface area contributed by atoms with Gasteiger partial charge in [0, 0.05) is 27.9 Å². The second-order valence-electron chi connectivity index (χ2n) is 4.53. The molecule has 1 aromatic carbocycles. The largest absolute Gasteiger partial charge is 0.321 e. The Morgan fingerprint density at radius 2 is 2.10 bits per heavy atom. The smallest absolute Gasteiger partial charge is 0.255 e. The molecule has 0 unspecified atom stereocenters. The van der Waals surface area contributed by atoms with Gasteiger partial charge in [0.1, 0.15) is 0 Å². The summed E-state index contributed by atoms with van der Waals surface area (Å²) >= 11 is 8.12. The van der Waals surface area contributed by atoms with Gasteiger partial charge in [0.05, 0.1) is 10.7 Å². The number of nitrogens with zero attached hydrogens (tertiary/aromatic N) is 1. The minimum absolute atomic E-state index is 0.0767. The van der Waals surface area contributed by atoms with E-state index in [-0.39, 0.29) is 11.5 Å². The number of hydrogen-bond acceptors (Lipinski definition) is 2. The molecule has 1 N–H and O–H groups in total. The molecule has 0 aliphatic rings. The van der Waals surface area contributed by atoms with Crippen LogP contribution in [0.3, 0.4) is 0 Å². The van der Waals surface area contributed by atoms with E-state index in [0.717, 1.165) is 9.99 Å². The predicted molar refractivity (Wildman–Crippen MR) is 93.1 cm³/mol. The molecule has 0 spiro atoms. The number of pyridine rings is 1. The molecule has 0 aliphatic carbocycles. The van der Waals surface area contributed by atoms with Gasteiger partial charge in [0.15, 0.2) is 0 Å². The number of halogens is 2. The molecule has 2 aromatic rings. The van der Waals surface area contributed by atoms with Gasteiger partial charge in [-0.2, -0.15) is 0 Å². The van der Waals surface area contributed by atoms with Crippen molar-refractivity contribution < 1.29 is 4.79 Å². The highest BCUT2D eigenvalue weighted by Crippen LogP contribution is 2.20. The fourth-order valence-electron chi connectivity index (χ4n) is 1.86. The molecule has 0 bridgehead atoms. The molecule has 1 amide bonds. The van der Waals surface area contributed by atoms with E-state index in [9.17, 15) is 9.59 Å². The molecule has 0 saturated carbocycles. The lowest BCUT2D eigenvalue weighted by molar-refractivity contribution is 0.102. The fraction of sp³-hybridized carbons (Fsp3) is 0.200. The first-order chi connectivity index (χ1) is 10.0. The Morgan fingerprint density at radius 3 is 2.76 bits per heavy atom. The number of amides is 1. The maximum absolute atomic E-state index is 12.2. The van der Waals surface area contributed by atoms with E-state index in [1.165, 1.54) is 6.07 Å². The van der Waals surface area contributed by atoms with Crippen LogP contribution in [-0.4, -0.2) is 10.5 Å². The van der Waals surface area contributed by atoms with Crippen LogP contribution in [0.25, 0.3) is 0 Å². The van der Waals surface area contributed by atoms with Crippen LogP contribution in [0.4, 0.5) is 5.69 Å². The summed E-state index contributed by atoms with van der Waals surface area (Å²) in [4.78, 5) is 23.8. The van der Waals surface area contributed by atoms with Gasteiger partial charge >= 0.3 is 0 Å². The number of carbonyl (C=O) groups excluding carboxylic acids is 1. The molecule has 110 valence electrons. The average Bonchev–Trinajstić information content (AvgIpc) is 2.45. The van der Waals surface area contributed by atoms with Crippen molar-refractivity contribution in [2.45, 2.75) is 19.9 Å². The molecular formula is C15H14ClIN2O2. The summed E-state index contributed by atoms with van der Waals surface area (Å²) in [5, 5.41) is 3.31. The highest BCUT2D eigenvalue weighted by atomic mass is 127. The van der Waals surface area contributed by atoms with Crippen molar-refractivity contribution >= 4 is 45.8 Å². The lowest BCUT2D eigenvalue weighted by Crippen LogP contribution is -2.20. The number of nitrogens with one attached hydrogen (secondary N) is 1. The quantitative estimate of drug-likeness (QED) is 0.772. The van der Waals surface area contributed by atoms with E-state index in [4.69, 9.17) is 11.6 Å². The number of benzene rings is 1. The van der Waals surface area contributed by atoms with Gasteiger partial charge < -0.3 is 9.88 Å². The van der Waals surface area contributed by atoms with Crippen LogP contribution in [0.2, 0.25) is 5.02 Å². The molecule has 0 atom stereocenters. The molecule has 21 heavy (non-hydrogen) atoms. The second-order valence-corrected chi connectivity index (χ2v) is 6.10. The van der Waals surface area contributed by atoms with Gasteiger partial charge in [0.25, 0.3) is 11.5 Å². The van der Waals surface area contributed by atoms with Crippen molar-refractivity contribution in [2.75, 3.05) is 5.32 Å². The van der Waals surface area contributed by atoms with Crippen LogP contribution in [0, 0.1) is 3.57 Å². The predicted octanol–water partition coefficient (Wildman–Crippen LogP) is 3.77. The summed E-state index contributed by atoms with van der Waals surface area (Å²) in [5.41, 5.74) is 0.989. The van der Waals surface area contributed by atoms with Crippen LogP contribution in [-0.2, 0) is 6.54 Å². The van der Waals surface area contributed by atoms with E-state index in [0.29, 0.717) is 22.8 Å². The Morgan fingerprint density at radius 1 is 1.33 bits per heavy atom. The topological polar surface area (TPSA) is 51.1 Å². The van der Waals surface area contributed by atoms with Crippen molar-refractivity contribution in [3.8, 4) is 0 Å². The summed E-state index contributed by atoms with van der Waals surface area (Å²) < 4.78 is 2.47. The molecule has 0 fully saturated rings. The third-order valence-corrected chi connectivity index (χ3v) is 4.46. The van der Waals surface area contributed by atoms with Gasteiger partial charge in [-0.1, -0.05) is 18.5 Å². The number of carbonyl (C=O) groups is 1. The van der Waals surface area contributed by atoms with Crippen LogP contribution in [0.1, 0.15) is 23.7 Å².